The summed E-state index contributed by atoms with van der Waals surface area (Å²) in [6, 6.07) is 46.6. The number of hydrogen-bond acceptors (Lipinski definition) is 7. The Hall–Kier alpha value is -4.50. The second-order valence-electron chi connectivity index (χ2n) is 11.4. The van der Waals surface area contributed by atoms with E-state index in [0.29, 0.717) is 32.2 Å². The molecular weight excluding hydrogens is 592 g/mol. The molecule has 242 valence electrons. The molecule has 0 radical (unpaired) electrons. The van der Waals surface area contributed by atoms with Crippen molar-refractivity contribution in [3.8, 4) is 11.5 Å². The minimum Gasteiger partial charge on any atom is -0.508 e. The van der Waals surface area contributed by atoms with Crippen LogP contribution in [0.1, 0.15) is 22.3 Å². The summed E-state index contributed by atoms with van der Waals surface area (Å²) in [4.78, 5) is 0. The lowest BCUT2D eigenvalue weighted by Gasteiger charge is -2.45. The predicted molar refractivity (Wildman–Crippen MR) is 179 cm³/mol. The molecule has 1 aliphatic heterocycles. The third kappa shape index (κ3) is 9.51. The highest BCUT2D eigenvalue weighted by Gasteiger charge is 2.49. The minimum absolute atomic E-state index is 0.143. The Morgan fingerprint density at radius 1 is 0.468 bits per heavy atom. The van der Waals surface area contributed by atoms with Crippen LogP contribution in [0, 0.1) is 0 Å². The summed E-state index contributed by atoms with van der Waals surface area (Å²) in [5.41, 5.74) is 4.12. The second-order valence-corrected chi connectivity index (χ2v) is 11.4. The van der Waals surface area contributed by atoms with Gasteiger partial charge in [0.15, 0.2) is 0 Å². The van der Waals surface area contributed by atoms with Crippen LogP contribution in [-0.2, 0) is 50.1 Å². The first-order valence-electron chi connectivity index (χ1n) is 15.9. The van der Waals surface area contributed by atoms with Gasteiger partial charge in [-0.15, -0.1) is 0 Å². The Morgan fingerprint density at radius 3 is 1.38 bits per heavy atom. The minimum atomic E-state index is -0.870. The van der Waals surface area contributed by atoms with Crippen molar-refractivity contribution in [2.75, 3.05) is 6.61 Å². The number of hydrogen-bond donors (Lipinski definition) is 1. The molecule has 0 saturated carbocycles. The lowest BCUT2D eigenvalue weighted by molar-refractivity contribution is -0.310. The zero-order valence-electron chi connectivity index (χ0n) is 26.2. The maximum Gasteiger partial charge on any atom is 0.229 e. The summed E-state index contributed by atoms with van der Waals surface area (Å²) in [5.74, 6) is 0.667. The van der Waals surface area contributed by atoms with Crippen molar-refractivity contribution < 1.29 is 33.5 Å². The van der Waals surface area contributed by atoms with Crippen LogP contribution >= 0.6 is 0 Å². The Balaban J connectivity index is 1.31. The van der Waals surface area contributed by atoms with Crippen LogP contribution in [0.3, 0.4) is 0 Å². The first-order chi connectivity index (χ1) is 23.2. The van der Waals surface area contributed by atoms with Gasteiger partial charge < -0.3 is 33.5 Å². The van der Waals surface area contributed by atoms with Gasteiger partial charge in [-0.05, 0) is 46.5 Å². The van der Waals surface area contributed by atoms with Gasteiger partial charge in [-0.25, -0.2) is 0 Å². The van der Waals surface area contributed by atoms with Crippen molar-refractivity contribution >= 4 is 0 Å². The van der Waals surface area contributed by atoms with Gasteiger partial charge in [0, 0.05) is 0 Å². The molecule has 7 heteroatoms. The van der Waals surface area contributed by atoms with Crippen LogP contribution in [0.25, 0.3) is 0 Å². The van der Waals surface area contributed by atoms with E-state index in [-0.39, 0.29) is 12.4 Å². The van der Waals surface area contributed by atoms with Gasteiger partial charge in [0.2, 0.25) is 6.29 Å². The summed E-state index contributed by atoms with van der Waals surface area (Å²) in [5, 5.41) is 9.90. The normalized spacial score (nSPS) is 20.9. The summed E-state index contributed by atoms with van der Waals surface area (Å²) in [7, 11) is 0. The molecule has 7 nitrogen and oxygen atoms in total. The number of rotatable bonds is 15. The highest BCUT2D eigenvalue weighted by molar-refractivity contribution is 5.30. The van der Waals surface area contributed by atoms with Gasteiger partial charge in [-0.1, -0.05) is 121 Å². The van der Waals surface area contributed by atoms with Crippen LogP contribution in [-0.4, -0.2) is 42.4 Å². The Morgan fingerprint density at radius 2 is 0.894 bits per heavy atom. The van der Waals surface area contributed by atoms with E-state index in [0.717, 1.165) is 22.3 Å². The van der Waals surface area contributed by atoms with E-state index in [1.165, 1.54) is 0 Å². The van der Waals surface area contributed by atoms with E-state index in [2.05, 4.69) is 0 Å². The SMILES string of the molecule is Oc1ccc(O[C@H]2O[C@H](COCc3ccccc3)[C@@H](OCc3ccccc3)[C@H](OCc3ccccc3)[C@H]2OCc2ccccc2)cc1. The highest BCUT2D eigenvalue weighted by atomic mass is 16.7. The fraction of sp³-hybridized carbons (Fsp3) is 0.250. The first-order valence-corrected chi connectivity index (χ1v) is 15.9. The summed E-state index contributed by atoms with van der Waals surface area (Å²) < 4.78 is 39.5. The largest absolute Gasteiger partial charge is 0.508 e. The van der Waals surface area contributed by atoms with E-state index in [9.17, 15) is 5.11 Å². The standard InChI is InChI=1S/C40H40O7/c41-34-21-23-35(24-22-34)46-40-39(45-28-33-19-11-4-12-20-33)38(44-27-32-17-9-3-10-18-32)37(43-26-31-15-7-2-8-16-31)36(47-40)29-42-25-30-13-5-1-6-14-30/h1-24,36-41H,25-29H2/t36-,37-,38+,39-,40+/m1/s1. The molecular formula is C40H40O7. The van der Waals surface area contributed by atoms with Gasteiger partial charge in [0.1, 0.15) is 35.9 Å². The van der Waals surface area contributed by atoms with Gasteiger partial charge in [-0.2, -0.15) is 0 Å². The molecule has 0 spiro atoms. The van der Waals surface area contributed by atoms with E-state index in [1.54, 1.807) is 24.3 Å². The molecule has 1 N–H and O–H groups in total. The molecule has 6 rings (SSSR count). The molecule has 0 aliphatic carbocycles. The highest BCUT2D eigenvalue weighted by Crippen LogP contribution is 2.33. The van der Waals surface area contributed by atoms with Crippen LogP contribution in [0.5, 0.6) is 11.5 Å². The maximum atomic E-state index is 9.90. The van der Waals surface area contributed by atoms with E-state index in [1.807, 2.05) is 121 Å². The smallest absolute Gasteiger partial charge is 0.229 e. The molecule has 47 heavy (non-hydrogen) atoms. The summed E-state index contributed by atoms with van der Waals surface area (Å²) in [6.07, 6.45) is -3.26. The first kappa shape index (κ1) is 32.4. The number of ether oxygens (including phenoxy) is 6. The molecule has 0 unspecified atom stereocenters. The molecule has 5 aromatic rings. The molecule has 0 aromatic heterocycles. The maximum absolute atomic E-state index is 9.90. The molecule has 1 fully saturated rings. The van der Waals surface area contributed by atoms with Crippen molar-refractivity contribution in [3.05, 3.63) is 168 Å². The fourth-order valence-electron chi connectivity index (χ4n) is 5.50. The fourth-order valence-corrected chi connectivity index (χ4v) is 5.50. The summed E-state index contributed by atoms with van der Waals surface area (Å²) >= 11 is 0. The average molecular weight is 633 g/mol. The lowest BCUT2D eigenvalue weighted by Crippen LogP contribution is -2.62. The number of benzene rings is 5. The van der Waals surface area contributed by atoms with E-state index < -0.39 is 30.7 Å². The zero-order valence-corrected chi connectivity index (χ0v) is 26.2. The summed E-state index contributed by atoms with van der Waals surface area (Å²) in [6.45, 7) is 1.66. The third-order valence-electron chi connectivity index (χ3n) is 7.93. The molecule has 1 aliphatic rings. The van der Waals surface area contributed by atoms with Crippen LogP contribution in [0.15, 0.2) is 146 Å². The van der Waals surface area contributed by atoms with Crippen molar-refractivity contribution in [2.24, 2.45) is 0 Å². The van der Waals surface area contributed by atoms with Crippen molar-refractivity contribution in [3.63, 3.8) is 0 Å². The monoisotopic (exact) mass is 632 g/mol. The topological polar surface area (TPSA) is 75.6 Å². The van der Waals surface area contributed by atoms with Crippen molar-refractivity contribution in [2.45, 2.75) is 57.1 Å². The molecule has 5 atom stereocenters. The van der Waals surface area contributed by atoms with Gasteiger partial charge >= 0.3 is 0 Å². The quantitative estimate of drug-likeness (QED) is 0.128. The number of aromatic hydroxyl groups is 1. The molecule has 0 amide bonds. The predicted octanol–water partition coefficient (Wildman–Crippen LogP) is 7.47. The Bertz CT molecular complexity index is 1580. The zero-order chi connectivity index (χ0) is 32.1. The number of phenols is 1. The van der Waals surface area contributed by atoms with Crippen molar-refractivity contribution in [1.82, 2.24) is 0 Å². The van der Waals surface area contributed by atoms with Crippen molar-refractivity contribution in [1.29, 1.82) is 0 Å². The van der Waals surface area contributed by atoms with Crippen LogP contribution < -0.4 is 4.74 Å². The van der Waals surface area contributed by atoms with Crippen LogP contribution in [0.2, 0.25) is 0 Å². The Labute approximate surface area is 276 Å². The third-order valence-corrected chi connectivity index (χ3v) is 7.93. The second kappa shape index (κ2) is 16.9. The van der Waals surface area contributed by atoms with Gasteiger partial charge in [-0.3, -0.25) is 0 Å². The van der Waals surface area contributed by atoms with Gasteiger partial charge in [0.25, 0.3) is 0 Å². The van der Waals surface area contributed by atoms with Crippen LogP contribution in [0.4, 0.5) is 0 Å². The average Bonchev–Trinajstić information content (AvgIpc) is 3.12. The molecule has 1 saturated heterocycles. The molecule has 1 heterocycles. The number of phenolic OH excluding ortho intramolecular Hbond substituents is 1. The lowest BCUT2D eigenvalue weighted by atomic mass is 9.97. The Kier molecular flexibility index (Phi) is 11.7. The molecule has 0 bridgehead atoms. The molecule has 5 aromatic carbocycles. The van der Waals surface area contributed by atoms with E-state index >= 15 is 0 Å². The van der Waals surface area contributed by atoms with E-state index in [4.69, 9.17) is 28.4 Å². The van der Waals surface area contributed by atoms with Gasteiger partial charge in [0.05, 0.1) is 33.0 Å².